The second-order valence-corrected chi connectivity index (χ2v) is 4.61. The number of ether oxygens (including phenoxy) is 1. The largest absolute Gasteiger partial charge is 0.496 e. The maximum Gasteiger partial charge on any atom is 0.200 e. The standard InChI is InChI=1S/C18H14O3/c1-3-6-15(20-2)12-9-10-17-14(11-12)18(19)13-7-4-5-8-16(13)21-17/h3-11H,1H2,2H3/b15-6+. The Bertz CT molecular complexity index is 917. The van der Waals surface area contributed by atoms with Crippen LogP contribution in [0.3, 0.4) is 0 Å². The summed E-state index contributed by atoms with van der Waals surface area (Å²) in [4.78, 5) is 12.6. The van der Waals surface area contributed by atoms with Crippen molar-refractivity contribution in [2.75, 3.05) is 7.11 Å². The summed E-state index contributed by atoms with van der Waals surface area (Å²) in [5.41, 5.74) is 1.93. The molecule has 0 saturated heterocycles. The van der Waals surface area contributed by atoms with Gasteiger partial charge in [0.15, 0.2) is 0 Å². The van der Waals surface area contributed by atoms with Crippen molar-refractivity contribution in [1.82, 2.24) is 0 Å². The molecule has 0 fully saturated rings. The van der Waals surface area contributed by atoms with Gasteiger partial charge < -0.3 is 9.15 Å². The summed E-state index contributed by atoms with van der Waals surface area (Å²) in [7, 11) is 1.59. The van der Waals surface area contributed by atoms with E-state index in [9.17, 15) is 4.79 Å². The SMILES string of the molecule is C=C/C=C(/OC)c1ccc2oc3ccccc3c(=O)c2c1. The highest BCUT2D eigenvalue weighted by Gasteiger charge is 2.09. The normalized spacial score (nSPS) is 11.8. The number of hydrogen-bond acceptors (Lipinski definition) is 3. The Morgan fingerprint density at radius 1 is 1.14 bits per heavy atom. The highest BCUT2D eigenvalue weighted by atomic mass is 16.5. The molecule has 0 radical (unpaired) electrons. The van der Waals surface area contributed by atoms with Crippen LogP contribution in [0, 0.1) is 0 Å². The van der Waals surface area contributed by atoms with Crippen LogP contribution in [-0.2, 0) is 4.74 Å². The Hall–Kier alpha value is -2.81. The maximum atomic E-state index is 12.6. The van der Waals surface area contributed by atoms with Gasteiger partial charge in [-0.3, -0.25) is 4.79 Å². The molecule has 0 atom stereocenters. The lowest BCUT2D eigenvalue weighted by atomic mass is 10.1. The van der Waals surface area contributed by atoms with Crippen LogP contribution in [0.4, 0.5) is 0 Å². The van der Waals surface area contributed by atoms with Gasteiger partial charge in [-0.05, 0) is 36.4 Å². The molecule has 0 bridgehead atoms. The molecule has 3 nitrogen and oxygen atoms in total. The van der Waals surface area contributed by atoms with Gasteiger partial charge >= 0.3 is 0 Å². The van der Waals surface area contributed by atoms with E-state index in [2.05, 4.69) is 6.58 Å². The van der Waals surface area contributed by atoms with Crippen LogP contribution < -0.4 is 5.43 Å². The molecule has 3 heteroatoms. The van der Waals surface area contributed by atoms with Crippen LogP contribution in [0.15, 0.2) is 70.4 Å². The maximum absolute atomic E-state index is 12.6. The summed E-state index contributed by atoms with van der Waals surface area (Å²) < 4.78 is 11.1. The number of methoxy groups -OCH3 is 1. The van der Waals surface area contributed by atoms with Crippen molar-refractivity contribution in [2.45, 2.75) is 0 Å². The fourth-order valence-electron chi connectivity index (χ4n) is 2.35. The third kappa shape index (κ3) is 2.23. The summed E-state index contributed by atoms with van der Waals surface area (Å²) in [6.07, 6.45) is 3.40. The van der Waals surface area contributed by atoms with Gasteiger partial charge in [0, 0.05) is 5.56 Å². The quantitative estimate of drug-likeness (QED) is 0.411. The molecule has 0 saturated carbocycles. The van der Waals surface area contributed by atoms with E-state index in [0.717, 1.165) is 5.56 Å². The number of benzene rings is 2. The van der Waals surface area contributed by atoms with E-state index >= 15 is 0 Å². The molecule has 2 aromatic carbocycles. The van der Waals surface area contributed by atoms with E-state index in [1.54, 1.807) is 43.5 Å². The molecular weight excluding hydrogens is 264 g/mol. The van der Waals surface area contributed by atoms with Gasteiger partial charge in [0.25, 0.3) is 0 Å². The van der Waals surface area contributed by atoms with E-state index in [1.165, 1.54) is 0 Å². The Morgan fingerprint density at radius 3 is 2.67 bits per heavy atom. The molecular formula is C18H14O3. The Kier molecular flexibility index (Phi) is 3.32. The third-order valence-corrected chi connectivity index (χ3v) is 3.35. The van der Waals surface area contributed by atoms with Gasteiger partial charge in [-0.25, -0.2) is 0 Å². The molecule has 0 aliphatic heterocycles. The molecule has 0 aliphatic rings. The van der Waals surface area contributed by atoms with Crippen LogP contribution in [0.2, 0.25) is 0 Å². The van der Waals surface area contributed by atoms with E-state index in [0.29, 0.717) is 27.7 Å². The van der Waals surface area contributed by atoms with Crippen molar-refractivity contribution in [3.8, 4) is 0 Å². The summed E-state index contributed by atoms with van der Waals surface area (Å²) >= 11 is 0. The van der Waals surface area contributed by atoms with Crippen molar-refractivity contribution < 1.29 is 9.15 Å². The average Bonchev–Trinajstić information content (AvgIpc) is 2.53. The highest BCUT2D eigenvalue weighted by molar-refractivity contribution is 5.91. The highest BCUT2D eigenvalue weighted by Crippen LogP contribution is 2.23. The van der Waals surface area contributed by atoms with Crippen LogP contribution in [-0.4, -0.2) is 7.11 Å². The molecule has 3 rings (SSSR count). The molecule has 1 heterocycles. The van der Waals surface area contributed by atoms with Crippen LogP contribution in [0.1, 0.15) is 5.56 Å². The molecule has 0 spiro atoms. The fourth-order valence-corrected chi connectivity index (χ4v) is 2.35. The van der Waals surface area contributed by atoms with Crippen molar-refractivity contribution in [3.05, 3.63) is 77.0 Å². The summed E-state index contributed by atoms with van der Waals surface area (Å²) in [6, 6.07) is 12.7. The Morgan fingerprint density at radius 2 is 1.90 bits per heavy atom. The zero-order valence-electron chi connectivity index (χ0n) is 11.6. The first-order chi connectivity index (χ1) is 10.2. The molecule has 3 aromatic rings. The third-order valence-electron chi connectivity index (χ3n) is 3.35. The lowest BCUT2D eigenvalue weighted by Crippen LogP contribution is -2.02. The van der Waals surface area contributed by atoms with E-state index in [1.807, 2.05) is 18.2 Å². The lowest BCUT2D eigenvalue weighted by molar-refractivity contribution is 0.370. The minimum atomic E-state index is -0.0391. The minimum Gasteiger partial charge on any atom is -0.496 e. The summed E-state index contributed by atoms with van der Waals surface area (Å²) in [5, 5.41) is 1.12. The summed E-state index contributed by atoms with van der Waals surface area (Å²) in [5.74, 6) is 0.652. The van der Waals surface area contributed by atoms with E-state index in [-0.39, 0.29) is 5.43 Å². The number of rotatable bonds is 3. The van der Waals surface area contributed by atoms with Crippen LogP contribution >= 0.6 is 0 Å². The first-order valence-electron chi connectivity index (χ1n) is 6.57. The van der Waals surface area contributed by atoms with Crippen molar-refractivity contribution in [2.24, 2.45) is 0 Å². The molecule has 0 amide bonds. The van der Waals surface area contributed by atoms with Gasteiger partial charge in [-0.2, -0.15) is 0 Å². The monoisotopic (exact) mass is 278 g/mol. The van der Waals surface area contributed by atoms with Crippen molar-refractivity contribution in [1.29, 1.82) is 0 Å². The van der Waals surface area contributed by atoms with Gasteiger partial charge in [-0.15, -0.1) is 0 Å². The lowest BCUT2D eigenvalue weighted by Gasteiger charge is -2.07. The minimum absolute atomic E-state index is 0.0391. The Labute approximate surface area is 121 Å². The molecule has 0 N–H and O–H groups in total. The Balaban J connectivity index is 2.33. The zero-order valence-corrected chi connectivity index (χ0v) is 11.6. The molecule has 1 aromatic heterocycles. The van der Waals surface area contributed by atoms with Gasteiger partial charge in [0.2, 0.25) is 5.43 Å². The second-order valence-electron chi connectivity index (χ2n) is 4.61. The molecule has 21 heavy (non-hydrogen) atoms. The number of hydrogen-bond donors (Lipinski definition) is 0. The predicted molar refractivity (Wildman–Crippen MR) is 85.2 cm³/mol. The zero-order chi connectivity index (χ0) is 14.8. The number of allylic oxidation sites excluding steroid dienone is 2. The summed E-state index contributed by atoms with van der Waals surface area (Å²) in [6.45, 7) is 3.66. The first kappa shape index (κ1) is 13.2. The predicted octanol–water partition coefficient (Wildman–Crippen LogP) is 4.12. The molecule has 0 aliphatic carbocycles. The van der Waals surface area contributed by atoms with Crippen LogP contribution in [0.25, 0.3) is 27.7 Å². The average molecular weight is 278 g/mol. The first-order valence-corrected chi connectivity index (χ1v) is 6.57. The number of para-hydroxylation sites is 1. The number of fused-ring (bicyclic) bond motifs is 2. The fraction of sp³-hybridized carbons (Fsp3) is 0.0556. The second kappa shape index (κ2) is 5.29. The van der Waals surface area contributed by atoms with E-state index < -0.39 is 0 Å². The molecule has 0 unspecified atom stereocenters. The van der Waals surface area contributed by atoms with E-state index in [4.69, 9.17) is 9.15 Å². The van der Waals surface area contributed by atoms with Gasteiger partial charge in [0.1, 0.15) is 16.9 Å². The molecule has 104 valence electrons. The van der Waals surface area contributed by atoms with Gasteiger partial charge in [0.05, 0.1) is 17.9 Å². The van der Waals surface area contributed by atoms with Crippen molar-refractivity contribution >= 4 is 27.7 Å². The topological polar surface area (TPSA) is 39.4 Å². The smallest absolute Gasteiger partial charge is 0.200 e. The van der Waals surface area contributed by atoms with Crippen molar-refractivity contribution in [3.63, 3.8) is 0 Å². The van der Waals surface area contributed by atoms with Crippen LogP contribution in [0.5, 0.6) is 0 Å². The van der Waals surface area contributed by atoms with Gasteiger partial charge in [-0.1, -0.05) is 24.8 Å².